The molecule has 2 fully saturated rings. The zero-order valence-corrected chi connectivity index (χ0v) is 18.6. The van der Waals surface area contributed by atoms with Crippen molar-refractivity contribution in [1.29, 1.82) is 0 Å². The number of phenolic OH excluding ortho intramolecular Hbond substituents is 1. The summed E-state index contributed by atoms with van der Waals surface area (Å²) in [5.74, 6) is -3.29. The van der Waals surface area contributed by atoms with Gasteiger partial charge in [-0.1, -0.05) is 29.8 Å². The second kappa shape index (κ2) is 9.91. The smallest absolute Gasteiger partial charge is 0.295 e. The molecule has 4 rings (SSSR count). The molecule has 33 heavy (non-hydrogen) atoms. The SMILES string of the molecule is O=C1C(=O)N(CCCN2CCOCC2)[C@@H](c2ccccc2F)C1=C(O)c1cc(Cl)ccc1O. The third-order valence-corrected chi connectivity index (χ3v) is 6.17. The molecule has 2 aliphatic rings. The van der Waals surface area contributed by atoms with Gasteiger partial charge >= 0.3 is 0 Å². The minimum absolute atomic E-state index is 0.0890. The van der Waals surface area contributed by atoms with E-state index in [9.17, 15) is 24.2 Å². The lowest BCUT2D eigenvalue weighted by molar-refractivity contribution is -0.140. The van der Waals surface area contributed by atoms with E-state index in [-0.39, 0.29) is 34.0 Å². The predicted octanol–water partition coefficient (Wildman–Crippen LogP) is 3.33. The normalized spacial score (nSPS) is 21.0. The lowest BCUT2D eigenvalue weighted by Gasteiger charge is -2.29. The monoisotopic (exact) mass is 474 g/mol. The summed E-state index contributed by atoms with van der Waals surface area (Å²) in [5, 5.41) is 21.4. The Morgan fingerprint density at radius 2 is 1.85 bits per heavy atom. The number of ketones is 1. The first-order chi connectivity index (χ1) is 15.9. The van der Waals surface area contributed by atoms with Gasteiger partial charge in [-0.2, -0.15) is 0 Å². The average molecular weight is 475 g/mol. The first-order valence-corrected chi connectivity index (χ1v) is 11.1. The molecular weight excluding hydrogens is 451 g/mol. The molecule has 0 bridgehead atoms. The Hall–Kier alpha value is -2.94. The number of nitrogens with zero attached hydrogens (tertiary/aromatic N) is 2. The van der Waals surface area contributed by atoms with E-state index in [0.717, 1.165) is 13.1 Å². The van der Waals surface area contributed by atoms with Crippen molar-refractivity contribution in [3.05, 3.63) is 70.0 Å². The van der Waals surface area contributed by atoms with Gasteiger partial charge in [-0.15, -0.1) is 0 Å². The molecule has 9 heteroatoms. The summed E-state index contributed by atoms with van der Waals surface area (Å²) >= 11 is 6.00. The van der Waals surface area contributed by atoms with Crippen LogP contribution >= 0.6 is 11.6 Å². The number of aliphatic hydroxyl groups is 1. The number of rotatable bonds is 6. The number of morpholine rings is 1. The second-order valence-electron chi connectivity index (χ2n) is 7.98. The van der Waals surface area contributed by atoms with Gasteiger partial charge in [-0.25, -0.2) is 4.39 Å². The molecule has 0 aliphatic carbocycles. The minimum Gasteiger partial charge on any atom is -0.507 e. The molecule has 0 spiro atoms. The summed E-state index contributed by atoms with van der Waals surface area (Å²) in [5.41, 5.74) is -0.296. The molecule has 7 nitrogen and oxygen atoms in total. The summed E-state index contributed by atoms with van der Waals surface area (Å²) in [4.78, 5) is 29.5. The number of amides is 1. The largest absolute Gasteiger partial charge is 0.507 e. The van der Waals surface area contributed by atoms with Gasteiger partial charge in [0.1, 0.15) is 17.3 Å². The van der Waals surface area contributed by atoms with Crippen molar-refractivity contribution >= 4 is 29.1 Å². The molecule has 0 unspecified atom stereocenters. The lowest BCUT2D eigenvalue weighted by atomic mass is 9.94. The Morgan fingerprint density at radius 1 is 1.12 bits per heavy atom. The molecule has 0 saturated carbocycles. The summed E-state index contributed by atoms with van der Waals surface area (Å²) in [6.07, 6.45) is 0.556. The molecule has 1 amide bonds. The third kappa shape index (κ3) is 4.73. The molecule has 2 heterocycles. The van der Waals surface area contributed by atoms with Crippen LogP contribution in [-0.4, -0.2) is 71.1 Å². The first-order valence-electron chi connectivity index (χ1n) is 10.7. The zero-order valence-electron chi connectivity index (χ0n) is 17.8. The van der Waals surface area contributed by atoms with Crippen LogP contribution in [0.5, 0.6) is 5.75 Å². The fraction of sp³-hybridized carbons (Fsp3) is 0.333. The van der Waals surface area contributed by atoms with Crippen molar-refractivity contribution in [2.24, 2.45) is 0 Å². The maximum absolute atomic E-state index is 14.8. The molecule has 2 aliphatic heterocycles. The molecule has 1 atom stereocenters. The molecule has 2 N–H and O–H groups in total. The summed E-state index contributed by atoms with van der Waals surface area (Å²) in [6.45, 7) is 3.73. The number of ether oxygens (including phenoxy) is 1. The number of aromatic hydroxyl groups is 1. The highest BCUT2D eigenvalue weighted by molar-refractivity contribution is 6.46. The quantitative estimate of drug-likeness (QED) is 0.379. The van der Waals surface area contributed by atoms with Gasteiger partial charge in [0.25, 0.3) is 11.7 Å². The van der Waals surface area contributed by atoms with Crippen LogP contribution in [0.3, 0.4) is 0 Å². The van der Waals surface area contributed by atoms with Gasteiger partial charge in [-0.05, 0) is 30.7 Å². The fourth-order valence-electron chi connectivity index (χ4n) is 4.26. The van der Waals surface area contributed by atoms with Crippen LogP contribution in [0, 0.1) is 5.82 Å². The van der Waals surface area contributed by atoms with Gasteiger partial charge in [0.15, 0.2) is 0 Å². The maximum atomic E-state index is 14.8. The van der Waals surface area contributed by atoms with Crippen LogP contribution in [0.15, 0.2) is 48.0 Å². The maximum Gasteiger partial charge on any atom is 0.295 e. The van der Waals surface area contributed by atoms with Crippen LogP contribution in [0.2, 0.25) is 5.02 Å². The molecule has 2 saturated heterocycles. The number of carbonyl (C=O) groups is 2. The van der Waals surface area contributed by atoms with E-state index in [2.05, 4.69) is 4.90 Å². The van der Waals surface area contributed by atoms with E-state index < -0.39 is 29.3 Å². The number of benzene rings is 2. The summed E-state index contributed by atoms with van der Waals surface area (Å²) < 4.78 is 20.2. The first kappa shape index (κ1) is 23.2. The second-order valence-corrected chi connectivity index (χ2v) is 8.42. The molecule has 2 aromatic carbocycles. The number of hydrogen-bond acceptors (Lipinski definition) is 6. The number of Topliss-reactive ketones (excluding diaryl/α,β-unsaturated/α-hetero) is 1. The number of carbonyl (C=O) groups excluding carboxylic acids is 2. The molecule has 174 valence electrons. The molecule has 0 aromatic heterocycles. The number of halogens is 2. The van der Waals surface area contributed by atoms with Crippen LogP contribution < -0.4 is 0 Å². The van der Waals surface area contributed by atoms with Crippen molar-refractivity contribution in [2.75, 3.05) is 39.4 Å². The third-order valence-electron chi connectivity index (χ3n) is 5.93. The molecule has 2 aromatic rings. The van der Waals surface area contributed by atoms with E-state index in [1.807, 2.05) is 0 Å². The van der Waals surface area contributed by atoms with Crippen molar-refractivity contribution in [2.45, 2.75) is 12.5 Å². The Morgan fingerprint density at radius 3 is 2.58 bits per heavy atom. The van der Waals surface area contributed by atoms with E-state index in [4.69, 9.17) is 16.3 Å². The topological polar surface area (TPSA) is 90.3 Å². The fourth-order valence-corrected chi connectivity index (χ4v) is 4.44. The van der Waals surface area contributed by atoms with Crippen molar-refractivity contribution in [3.8, 4) is 5.75 Å². The number of phenols is 1. The highest BCUT2D eigenvalue weighted by Crippen LogP contribution is 2.42. The number of likely N-dealkylation sites (tertiary alicyclic amines) is 1. The van der Waals surface area contributed by atoms with E-state index in [1.54, 1.807) is 6.07 Å². The van der Waals surface area contributed by atoms with Gasteiger partial charge in [0, 0.05) is 36.8 Å². The van der Waals surface area contributed by atoms with Crippen molar-refractivity contribution in [1.82, 2.24) is 9.80 Å². The summed E-state index contributed by atoms with van der Waals surface area (Å²) in [6, 6.07) is 8.67. The Labute approximate surface area is 195 Å². The van der Waals surface area contributed by atoms with Crippen LogP contribution in [0.25, 0.3) is 5.76 Å². The Balaban J connectivity index is 1.72. The van der Waals surface area contributed by atoms with Gasteiger partial charge < -0.3 is 19.8 Å². The summed E-state index contributed by atoms with van der Waals surface area (Å²) in [7, 11) is 0. The van der Waals surface area contributed by atoms with Crippen molar-refractivity contribution in [3.63, 3.8) is 0 Å². The molecule has 0 radical (unpaired) electrons. The number of hydrogen-bond donors (Lipinski definition) is 2. The van der Waals surface area contributed by atoms with E-state index >= 15 is 0 Å². The minimum atomic E-state index is -1.13. The van der Waals surface area contributed by atoms with Gasteiger partial charge in [0.2, 0.25) is 0 Å². The van der Waals surface area contributed by atoms with Crippen molar-refractivity contribution < 1.29 is 28.9 Å². The van der Waals surface area contributed by atoms with E-state index in [1.165, 1.54) is 41.3 Å². The molecular formula is C24H24ClFN2O5. The highest BCUT2D eigenvalue weighted by atomic mass is 35.5. The van der Waals surface area contributed by atoms with Crippen LogP contribution in [0.1, 0.15) is 23.6 Å². The zero-order chi connectivity index (χ0) is 23.5. The van der Waals surface area contributed by atoms with Gasteiger partial charge in [-0.3, -0.25) is 14.5 Å². The average Bonchev–Trinajstić information content (AvgIpc) is 3.06. The predicted molar refractivity (Wildman–Crippen MR) is 120 cm³/mol. The van der Waals surface area contributed by atoms with Gasteiger partial charge in [0.05, 0.1) is 30.4 Å². The highest BCUT2D eigenvalue weighted by Gasteiger charge is 2.47. The lowest BCUT2D eigenvalue weighted by Crippen LogP contribution is -2.39. The Bertz CT molecular complexity index is 1100. The van der Waals surface area contributed by atoms with Crippen LogP contribution in [0.4, 0.5) is 4.39 Å². The standard InChI is InChI=1S/C24H24ClFN2O5/c25-15-6-7-19(29)17(14-15)22(30)20-21(16-4-1-2-5-18(16)26)28(24(32)23(20)31)9-3-8-27-10-12-33-13-11-27/h1-2,4-7,14,21,29-30H,3,8-13H2/t21-/m0/s1. The van der Waals surface area contributed by atoms with E-state index in [0.29, 0.717) is 26.2 Å². The Kier molecular flexibility index (Phi) is 6.97. The number of aliphatic hydroxyl groups excluding tert-OH is 1. The van der Waals surface area contributed by atoms with Crippen LogP contribution in [-0.2, 0) is 14.3 Å².